The van der Waals surface area contributed by atoms with Gasteiger partial charge in [-0.3, -0.25) is 19.8 Å². The molecule has 7 nitrogen and oxygen atoms in total. The smallest absolute Gasteiger partial charge is 0.308 e. The van der Waals surface area contributed by atoms with E-state index in [0.29, 0.717) is 18.7 Å². The van der Waals surface area contributed by atoms with Gasteiger partial charge in [-0.2, -0.15) is 0 Å². The lowest BCUT2D eigenvalue weighted by molar-refractivity contribution is -0.385. The second-order valence-electron chi connectivity index (χ2n) is 6.87. The predicted molar refractivity (Wildman–Crippen MR) is 87.0 cm³/mol. The lowest BCUT2D eigenvalue weighted by Crippen LogP contribution is -2.32. The van der Waals surface area contributed by atoms with Crippen LogP contribution in [0.2, 0.25) is 0 Å². The maximum absolute atomic E-state index is 11.4. The minimum Gasteiger partial charge on any atom is -0.491 e. The molecule has 24 heavy (non-hydrogen) atoms. The molecule has 0 amide bonds. The number of benzene rings is 1. The molecule has 1 N–H and O–H groups in total. The Bertz CT molecular complexity index is 660. The molecule has 2 aliphatic heterocycles. The number of fused-ring (bicyclic) bond motifs is 2. The monoisotopic (exact) mass is 334 g/mol. The van der Waals surface area contributed by atoms with Gasteiger partial charge in [-0.15, -0.1) is 0 Å². The van der Waals surface area contributed by atoms with Crippen LogP contribution in [0, 0.1) is 16.0 Å². The largest absolute Gasteiger partial charge is 0.491 e. The number of hydrogen-bond donors (Lipinski definition) is 1. The zero-order valence-corrected chi connectivity index (χ0v) is 13.8. The molecule has 2 fully saturated rings. The summed E-state index contributed by atoms with van der Waals surface area (Å²) in [5.41, 5.74) is 0.781. The molecule has 0 aliphatic carbocycles. The molecule has 2 bridgehead atoms. The molecule has 3 unspecified atom stereocenters. The first-order chi connectivity index (χ1) is 11.4. The fourth-order valence-corrected chi connectivity index (χ4v) is 3.98. The number of carbonyl (C=O) groups is 1. The highest BCUT2D eigenvalue weighted by atomic mass is 16.6. The van der Waals surface area contributed by atoms with Gasteiger partial charge in [-0.05, 0) is 39.2 Å². The number of nitro groups is 1. The zero-order chi connectivity index (χ0) is 17.4. The van der Waals surface area contributed by atoms with Crippen molar-refractivity contribution in [1.82, 2.24) is 4.90 Å². The number of carboxylic acid groups (broad SMARTS) is 1. The van der Waals surface area contributed by atoms with Gasteiger partial charge in [0.15, 0.2) is 0 Å². The molecule has 0 saturated carbocycles. The van der Waals surface area contributed by atoms with Gasteiger partial charge >= 0.3 is 5.97 Å². The predicted octanol–water partition coefficient (Wildman–Crippen LogP) is 2.82. The zero-order valence-electron chi connectivity index (χ0n) is 13.8. The van der Waals surface area contributed by atoms with E-state index < -0.39 is 10.9 Å². The molecular formula is C17H22N2O5. The Morgan fingerprint density at radius 1 is 1.46 bits per heavy atom. The minimum atomic E-state index is -0.745. The van der Waals surface area contributed by atoms with Crippen molar-refractivity contribution in [2.75, 3.05) is 0 Å². The van der Waals surface area contributed by atoms with Crippen molar-refractivity contribution < 1.29 is 19.6 Å². The minimum absolute atomic E-state index is 0.0127. The first-order valence-electron chi connectivity index (χ1n) is 8.29. The van der Waals surface area contributed by atoms with Gasteiger partial charge in [-0.1, -0.05) is 0 Å². The Kier molecular flexibility index (Phi) is 4.45. The van der Waals surface area contributed by atoms with E-state index in [1.54, 1.807) is 12.1 Å². The summed E-state index contributed by atoms with van der Waals surface area (Å²) in [4.78, 5) is 24.3. The SMILES string of the molecule is CC(C)Oc1ccc([N+](=O)[O-])cc1CN1C2CCC1C(C(=O)O)C2. The van der Waals surface area contributed by atoms with Crippen molar-refractivity contribution in [1.29, 1.82) is 0 Å². The van der Waals surface area contributed by atoms with E-state index in [4.69, 9.17) is 4.74 Å². The molecule has 0 spiro atoms. The second-order valence-corrected chi connectivity index (χ2v) is 6.87. The van der Waals surface area contributed by atoms with Gasteiger partial charge in [0.25, 0.3) is 5.69 Å². The van der Waals surface area contributed by atoms with Crippen molar-refractivity contribution >= 4 is 11.7 Å². The van der Waals surface area contributed by atoms with Crippen molar-refractivity contribution in [2.45, 2.75) is 57.8 Å². The van der Waals surface area contributed by atoms with Crippen molar-refractivity contribution in [3.63, 3.8) is 0 Å². The first-order valence-corrected chi connectivity index (χ1v) is 8.29. The Hall–Kier alpha value is -2.15. The van der Waals surface area contributed by atoms with Crippen LogP contribution in [0.1, 0.15) is 38.7 Å². The van der Waals surface area contributed by atoms with Gasteiger partial charge in [0.2, 0.25) is 0 Å². The standard InChI is InChI=1S/C17H22N2O5/c1-10(2)24-16-6-4-13(19(22)23)7-11(16)9-18-12-3-5-15(18)14(8-12)17(20)21/h4,6-7,10,12,14-15H,3,5,8-9H2,1-2H3,(H,20,21). The average Bonchev–Trinajstić information content (AvgIpc) is 3.05. The van der Waals surface area contributed by atoms with Crippen LogP contribution in [0.25, 0.3) is 0 Å². The average molecular weight is 334 g/mol. The molecule has 3 rings (SSSR count). The van der Waals surface area contributed by atoms with Gasteiger partial charge in [-0.25, -0.2) is 0 Å². The highest BCUT2D eigenvalue weighted by molar-refractivity contribution is 5.71. The summed E-state index contributed by atoms with van der Waals surface area (Å²) in [7, 11) is 0. The molecule has 2 saturated heterocycles. The van der Waals surface area contributed by atoms with Crippen molar-refractivity contribution in [3.05, 3.63) is 33.9 Å². The number of hydrogen-bond acceptors (Lipinski definition) is 5. The lowest BCUT2D eigenvalue weighted by atomic mass is 9.89. The van der Waals surface area contributed by atoms with E-state index in [-0.39, 0.29) is 29.8 Å². The highest BCUT2D eigenvalue weighted by Gasteiger charge is 2.49. The Labute approximate surface area is 140 Å². The molecule has 2 aliphatic rings. The number of nitrogens with zero attached hydrogens (tertiary/aromatic N) is 2. The molecule has 0 radical (unpaired) electrons. The van der Waals surface area contributed by atoms with E-state index >= 15 is 0 Å². The number of ether oxygens (including phenoxy) is 1. The topological polar surface area (TPSA) is 92.9 Å². The molecule has 7 heteroatoms. The van der Waals surface area contributed by atoms with Crippen LogP contribution in [-0.4, -0.2) is 39.1 Å². The third-order valence-corrected chi connectivity index (χ3v) is 4.97. The number of non-ortho nitro benzene ring substituents is 1. The summed E-state index contributed by atoms with van der Waals surface area (Å²) in [6, 6.07) is 4.88. The van der Waals surface area contributed by atoms with E-state index in [1.165, 1.54) is 6.07 Å². The summed E-state index contributed by atoms with van der Waals surface area (Å²) < 4.78 is 5.79. The fraction of sp³-hybridized carbons (Fsp3) is 0.588. The van der Waals surface area contributed by atoms with E-state index in [0.717, 1.165) is 18.4 Å². The molecule has 1 aromatic carbocycles. The summed E-state index contributed by atoms with van der Waals surface area (Å²) in [6.07, 6.45) is 2.49. The van der Waals surface area contributed by atoms with Crippen LogP contribution in [0.5, 0.6) is 5.75 Å². The quantitative estimate of drug-likeness (QED) is 0.635. The van der Waals surface area contributed by atoms with Crippen LogP contribution in [-0.2, 0) is 11.3 Å². The highest BCUT2D eigenvalue weighted by Crippen LogP contribution is 2.43. The molecular weight excluding hydrogens is 312 g/mol. The fourth-order valence-electron chi connectivity index (χ4n) is 3.98. The van der Waals surface area contributed by atoms with Crippen molar-refractivity contribution in [2.24, 2.45) is 5.92 Å². The molecule has 130 valence electrons. The van der Waals surface area contributed by atoms with E-state index in [1.807, 2.05) is 13.8 Å². The van der Waals surface area contributed by atoms with Crippen LogP contribution in [0.4, 0.5) is 5.69 Å². The van der Waals surface area contributed by atoms with Gasteiger partial charge in [0, 0.05) is 36.3 Å². The summed E-state index contributed by atoms with van der Waals surface area (Å²) in [6.45, 7) is 4.30. The van der Waals surface area contributed by atoms with Crippen LogP contribution < -0.4 is 4.74 Å². The lowest BCUT2D eigenvalue weighted by Gasteiger charge is -2.24. The number of aliphatic carboxylic acids is 1. The van der Waals surface area contributed by atoms with Crippen LogP contribution in [0.3, 0.4) is 0 Å². The van der Waals surface area contributed by atoms with Gasteiger partial charge < -0.3 is 9.84 Å². The normalized spacial score (nSPS) is 26.0. The van der Waals surface area contributed by atoms with E-state index in [9.17, 15) is 20.0 Å². The van der Waals surface area contributed by atoms with E-state index in [2.05, 4.69) is 4.90 Å². The number of nitro benzene ring substituents is 1. The van der Waals surface area contributed by atoms with Crippen molar-refractivity contribution in [3.8, 4) is 5.75 Å². The molecule has 3 atom stereocenters. The van der Waals surface area contributed by atoms with Gasteiger partial charge in [0.1, 0.15) is 5.75 Å². The maximum Gasteiger partial charge on any atom is 0.308 e. The third-order valence-electron chi connectivity index (χ3n) is 4.97. The third kappa shape index (κ3) is 3.08. The molecule has 2 heterocycles. The summed E-state index contributed by atoms with van der Waals surface area (Å²) >= 11 is 0. The molecule has 0 aromatic heterocycles. The van der Waals surface area contributed by atoms with Crippen LogP contribution >= 0.6 is 0 Å². The maximum atomic E-state index is 11.4. The summed E-state index contributed by atoms with van der Waals surface area (Å²) in [5.74, 6) is -0.449. The Morgan fingerprint density at radius 3 is 2.79 bits per heavy atom. The number of carboxylic acids is 1. The summed E-state index contributed by atoms with van der Waals surface area (Å²) in [5, 5.41) is 20.4. The molecule has 1 aromatic rings. The Balaban J connectivity index is 1.87. The number of rotatable bonds is 6. The van der Waals surface area contributed by atoms with Gasteiger partial charge in [0.05, 0.1) is 16.9 Å². The second kappa shape index (κ2) is 6.39. The van der Waals surface area contributed by atoms with Crippen LogP contribution in [0.15, 0.2) is 18.2 Å². The Morgan fingerprint density at radius 2 is 2.21 bits per heavy atom. The first kappa shape index (κ1) is 16.7.